The van der Waals surface area contributed by atoms with E-state index in [0.717, 1.165) is 67.6 Å². The molecule has 2 heterocycles. The Labute approximate surface area is 148 Å². The molecule has 2 aliphatic carbocycles. The van der Waals surface area contributed by atoms with Gasteiger partial charge in [0.25, 0.3) is 0 Å². The van der Waals surface area contributed by atoms with Crippen LogP contribution in [0.15, 0.2) is 21.3 Å². The first-order chi connectivity index (χ1) is 12.1. The minimum absolute atomic E-state index is 0.00679. The van der Waals surface area contributed by atoms with Crippen LogP contribution >= 0.6 is 0 Å². The molecule has 1 saturated carbocycles. The Bertz CT molecular complexity index is 894. The maximum absolute atomic E-state index is 12.4. The molecule has 0 saturated heterocycles. The summed E-state index contributed by atoms with van der Waals surface area (Å²) in [5, 5.41) is 1.14. The van der Waals surface area contributed by atoms with E-state index in [9.17, 15) is 4.79 Å². The minimum Gasteiger partial charge on any atom is -0.487 e. The zero-order valence-electron chi connectivity index (χ0n) is 15.0. The van der Waals surface area contributed by atoms with E-state index in [1.54, 1.807) is 0 Å². The molecule has 0 N–H and O–H groups in total. The quantitative estimate of drug-likeness (QED) is 0.638. The Morgan fingerprint density at radius 1 is 1.04 bits per heavy atom. The van der Waals surface area contributed by atoms with Gasteiger partial charge in [0.2, 0.25) is 0 Å². The molecule has 2 atom stereocenters. The number of benzene rings is 1. The second kappa shape index (κ2) is 5.62. The smallest absolute Gasteiger partial charge is 0.339 e. The van der Waals surface area contributed by atoms with Crippen LogP contribution in [0.1, 0.15) is 68.6 Å². The van der Waals surface area contributed by atoms with E-state index in [1.165, 1.54) is 30.4 Å². The monoisotopic (exact) mass is 338 g/mol. The van der Waals surface area contributed by atoms with Crippen molar-refractivity contribution in [2.45, 2.75) is 76.7 Å². The molecular weight excluding hydrogens is 312 g/mol. The fraction of sp³-hybridized carbons (Fsp3) is 0.591. The van der Waals surface area contributed by atoms with Crippen LogP contribution in [0.2, 0.25) is 0 Å². The van der Waals surface area contributed by atoms with E-state index < -0.39 is 0 Å². The molecule has 0 amide bonds. The van der Waals surface area contributed by atoms with Crippen molar-refractivity contribution in [3.05, 3.63) is 39.2 Å². The lowest BCUT2D eigenvalue weighted by molar-refractivity contribution is -0.00579. The molecule has 132 valence electrons. The van der Waals surface area contributed by atoms with Gasteiger partial charge in [-0.25, -0.2) is 4.79 Å². The third-order valence-electron chi connectivity index (χ3n) is 6.63. The van der Waals surface area contributed by atoms with Gasteiger partial charge in [-0.2, -0.15) is 0 Å². The highest BCUT2D eigenvalue weighted by atomic mass is 16.5. The number of hydrogen-bond acceptors (Lipinski definition) is 3. The molecule has 1 fully saturated rings. The highest BCUT2D eigenvalue weighted by Gasteiger charge is 2.40. The lowest BCUT2D eigenvalue weighted by atomic mass is 9.74. The summed E-state index contributed by atoms with van der Waals surface area (Å²) in [6.07, 6.45) is 11.2. The Morgan fingerprint density at radius 2 is 1.88 bits per heavy atom. The zero-order valence-corrected chi connectivity index (χ0v) is 15.0. The second-order valence-electron chi connectivity index (χ2n) is 8.50. The van der Waals surface area contributed by atoms with Crippen molar-refractivity contribution >= 4 is 11.0 Å². The summed E-state index contributed by atoms with van der Waals surface area (Å²) in [4.78, 5) is 12.4. The van der Waals surface area contributed by atoms with E-state index in [2.05, 4.69) is 13.0 Å². The van der Waals surface area contributed by atoms with Gasteiger partial charge in [0.1, 0.15) is 16.9 Å². The molecule has 25 heavy (non-hydrogen) atoms. The molecule has 5 rings (SSSR count). The largest absolute Gasteiger partial charge is 0.487 e. The van der Waals surface area contributed by atoms with Crippen LogP contribution in [-0.2, 0) is 19.3 Å². The SMILES string of the molecule is CC1CCC[C@]2(CCc3cc4c5c(c(=O)oc4cc3O2)CCCC5)C1. The molecule has 1 spiro atoms. The van der Waals surface area contributed by atoms with Crippen molar-refractivity contribution in [2.75, 3.05) is 0 Å². The van der Waals surface area contributed by atoms with Gasteiger partial charge in [0, 0.05) is 17.0 Å². The Morgan fingerprint density at radius 3 is 2.72 bits per heavy atom. The van der Waals surface area contributed by atoms with Gasteiger partial charge in [-0.1, -0.05) is 13.3 Å². The molecule has 1 aliphatic heterocycles. The lowest BCUT2D eigenvalue weighted by Crippen LogP contribution is -2.43. The molecule has 3 nitrogen and oxygen atoms in total. The first kappa shape index (κ1) is 15.5. The van der Waals surface area contributed by atoms with E-state index >= 15 is 0 Å². The third-order valence-corrected chi connectivity index (χ3v) is 6.63. The van der Waals surface area contributed by atoms with Crippen molar-refractivity contribution in [3.8, 4) is 5.75 Å². The summed E-state index contributed by atoms with van der Waals surface area (Å²) in [5.41, 5.74) is 4.01. The molecule has 1 unspecified atom stereocenters. The van der Waals surface area contributed by atoms with E-state index in [0.29, 0.717) is 5.58 Å². The maximum Gasteiger partial charge on any atom is 0.339 e. The van der Waals surface area contributed by atoms with Crippen LogP contribution in [-0.4, -0.2) is 5.60 Å². The topological polar surface area (TPSA) is 39.4 Å². The summed E-state index contributed by atoms with van der Waals surface area (Å²) in [6.45, 7) is 2.34. The normalized spacial score (nSPS) is 28.4. The molecular formula is C22H26O3. The molecule has 3 aliphatic rings. The highest BCUT2D eigenvalue weighted by molar-refractivity contribution is 5.84. The summed E-state index contributed by atoms with van der Waals surface area (Å²) in [6, 6.07) is 4.25. The van der Waals surface area contributed by atoms with E-state index in [1.807, 2.05) is 6.07 Å². The lowest BCUT2D eigenvalue weighted by Gasteiger charge is -2.43. The number of rotatable bonds is 0. The van der Waals surface area contributed by atoms with Crippen molar-refractivity contribution in [1.29, 1.82) is 0 Å². The fourth-order valence-corrected chi connectivity index (χ4v) is 5.38. The van der Waals surface area contributed by atoms with Gasteiger partial charge in [-0.15, -0.1) is 0 Å². The maximum atomic E-state index is 12.4. The highest BCUT2D eigenvalue weighted by Crippen LogP contribution is 2.45. The molecule has 2 aromatic rings. The van der Waals surface area contributed by atoms with E-state index in [-0.39, 0.29) is 11.2 Å². The summed E-state index contributed by atoms with van der Waals surface area (Å²) < 4.78 is 12.2. The molecule has 0 bridgehead atoms. The van der Waals surface area contributed by atoms with Crippen LogP contribution < -0.4 is 10.4 Å². The third kappa shape index (κ3) is 2.51. The standard InChI is InChI=1S/C22H26O3/c1-14-5-4-9-22(13-14)10-8-15-11-18-16-6-2-3-7-17(16)21(23)24-20(18)12-19(15)25-22/h11-12,14H,2-10,13H2,1H3/t14?,22-/m0/s1. The van der Waals surface area contributed by atoms with Gasteiger partial charge in [-0.05, 0) is 80.9 Å². The second-order valence-corrected chi connectivity index (χ2v) is 8.50. The van der Waals surface area contributed by atoms with Crippen LogP contribution in [0.4, 0.5) is 0 Å². The Hall–Kier alpha value is -1.77. The molecule has 0 radical (unpaired) electrons. The van der Waals surface area contributed by atoms with Crippen molar-refractivity contribution in [2.24, 2.45) is 5.92 Å². The zero-order chi connectivity index (χ0) is 17.0. The van der Waals surface area contributed by atoms with Gasteiger partial charge in [0.15, 0.2) is 0 Å². The predicted molar refractivity (Wildman–Crippen MR) is 98.4 cm³/mol. The first-order valence-corrected chi connectivity index (χ1v) is 9.94. The van der Waals surface area contributed by atoms with Gasteiger partial charge in [0.05, 0.1) is 0 Å². The van der Waals surface area contributed by atoms with Crippen molar-refractivity contribution in [3.63, 3.8) is 0 Å². The average Bonchev–Trinajstić information content (AvgIpc) is 2.60. The first-order valence-electron chi connectivity index (χ1n) is 9.94. The molecule has 1 aromatic carbocycles. The molecule has 1 aromatic heterocycles. The van der Waals surface area contributed by atoms with E-state index in [4.69, 9.17) is 9.15 Å². The average molecular weight is 338 g/mol. The van der Waals surface area contributed by atoms with Crippen LogP contribution in [0.5, 0.6) is 5.75 Å². The fourth-order valence-electron chi connectivity index (χ4n) is 5.38. The van der Waals surface area contributed by atoms with Crippen molar-refractivity contribution in [1.82, 2.24) is 0 Å². The Kier molecular flexibility index (Phi) is 3.48. The summed E-state index contributed by atoms with van der Waals surface area (Å²) >= 11 is 0. The number of ether oxygens (including phenoxy) is 1. The number of hydrogen-bond donors (Lipinski definition) is 0. The minimum atomic E-state index is -0.140. The molecule has 3 heteroatoms. The summed E-state index contributed by atoms with van der Waals surface area (Å²) in [7, 11) is 0. The van der Waals surface area contributed by atoms with Gasteiger partial charge in [-0.3, -0.25) is 0 Å². The van der Waals surface area contributed by atoms with Crippen molar-refractivity contribution < 1.29 is 9.15 Å². The number of aryl methyl sites for hydroxylation is 2. The van der Waals surface area contributed by atoms with Crippen LogP contribution in [0.25, 0.3) is 11.0 Å². The van der Waals surface area contributed by atoms with Gasteiger partial charge >= 0.3 is 5.63 Å². The van der Waals surface area contributed by atoms with Crippen LogP contribution in [0, 0.1) is 5.92 Å². The number of fused-ring (bicyclic) bond motifs is 4. The predicted octanol–water partition coefficient (Wildman–Crippen LogP) is 4.95. The van der Waals surface area contributed by atoms with Gasteiger partial charge < -0.3 is 9.15 Å². The Balaban J connectivity index is 1.61. The van der Waals surface area contributed by atoms with Crippen LogP contribution in [0.3, 0.4) is 0 Å². The summed E-state index contributed by atoms with van der Waals surface area (Å²) in [5.74, 6) is 1.69.